The average molecular weight is 328 g/mol. The van der Waals surface area contributed by atoms with Crippen LogP contribution >= 0.6 is 11.3 Å². The third kappa shape index (κ3) is 3.91. The molecule has 2 rings (SSSR count). The Morgan fingerprint density at radius 3 is 2.76 bits per heavy atom. The Bertz CT molecular complexity index is 704. The number of thiophene rings is 1. The van der Waals surface area contributed by atoms with Crippen LogP contribution < -0.4 is 10.5 Å². The average Bonchev–Trinajstić information content (AvgIpc) is 3.01. The molecular formula is C13H20N4O2S2. The molecule has 0 aliphatic rings. The summed E-state index contributed by atoms with van der Waals surface area (Å²) in [6, 6.07) is 1.68. The summed E-state index contributed by atoms with van der Waals surface area (Å²) in [4.78, 5) is 0.907. The molecule has 0 spiro atoms. The van der Waals surface area contributed by atoms with Gasteiger partial charge >= 0.3 is 0 Å². The Labute approximate surface area is 128 Å². The quantitative estimate of drug-likeness (QED) is 0.670. The molecule has 0 aliphatic heterocycles. The summed E-state index contributed by atoms with van der Waals surface area (Å²) in [5, 5.41) is 6.81. The molecule has 0 saturated carbocycles. The first kappa shape index (κ1) is 16.2. The minimum Gasteiger partial charge on any atom is -0.326 e. The van der Waals surface area contributed by atoms with Crippen LogP contribution in [-0.2, 0) is 23.0 Å². The second-order valence-corrected chi connectivity index (χ2v) is 8.03. The lowest BCUT2D eigenvalue weighted by molar-refractivity contribution is 0.581. The zero-order valence-electron chi connectivity index (χ0n) is 12.1. The number of nitrogens with two attached hydrogens (primary N) is 1. The molecule has 2 heterocycles. The van der Waals surface area contributed by atoms with Crippen LogP contribution in [0.3, 0.4) is 0 Å². The number of hydrogen-bond donors (Lipinski definition) is 3. The topological polar surface area (TPSA) is 101 Å². The lowest BCUT2D eigenvalue weighted by atomic mass is 10.1. The van der Waals surface area contributed by atoms with Gasteiger partial charge < -0.3 is 5.73 Å². The highest BCUT2D eigenvalue weighted by atomic mass is 32.2. The molecule has 8 heteroatoms. The number of aromatic amines is 1. The summed E-state index contributed by atoms with van der Waals surface area (Å²) in [6.45, 7) is 4.60. The molecule has 4 N–H and O–H groups in total. The van der Waals surface area contributed by atoms with E-state index in [1.807, 2.05) is 13.8 Å². The van der Waals surface area contributed by atoms with Crippen molar-refractivity contribution in [3.8, 4) is 0 Å². The highest BCUT2D eigenvalue weighted by Crippen LogP contribution is 2.25. The van der Waals surface area contributed by atoms with Gasteiger partial charge in [-0.15, -0.1) is 11.3 Å². The van der Waals surface area contributed by atoms with E-state index < -0.39 is 10.0 Å². The van der Waals surface area contributed by atoms with Gasteiger partial charge in [0.1, 0.15) is 4.21 Å². The lowest BCUT2D eigenvalue weighted by Gasteiger charge is -2.04. The van der Waals surface area contributed by atoms with Crippen LogP contribution in [0.2, 0.25) is 0 Å². The van der Waals surface area contributed by atoms with E-state index in [0.717, 1.165) is 34.5 Å². The van der Waals surface area contributed by atoms with Gasteiger partial charge in [-0.25, -0.2) is 13.1 Å². The van der Waals surface area contributed by atoms with Gasteiger partial charge in [0.25, 0.3) is 0 Å². The van der Waals surface area contributed by atoms with E-state index in [-0.39, 0.29) is 0 Å². The second-order valence-electron chi connectivity index (χ2n) is 4.90. The van der Waals surface area contributed by atoms with Crippen LogP contribution in [0.5, 0.6) is 0 Å². The predicted octanol–water partition coefficient (Wildman–Crippen LogP) is 1.46. The summed E-state index contributed by atoms with van der Waals surface area (Å²) >= 11 is 1.23. The SMILES string of the molecule is Cc1cc(S(=O)(=O)NCCCc2cn[nH]c2C)sc1CN. The monoisotopic (exact) mass is 328 g/mol. The minimum atomic E-state index is -3.43. The van der Waals surface area contributed by atoms with E-state index in [9.17, 15) is 8.42 Å². The summed E-state index contributed by atoms with van der Waals surface area (Å²) in [7, 11) is -3.43. The number of sulfonamides is 1. The van der Waals surface area contributed by atoms with Crippen LogP contribution in [-0.4, -0.2) is 25.2 Å². The molecule has 0 aromatic carbocycles. The van der Waals surface area contributed by atoms with E-state index >= 15 is 0 Å². The molecule has 0 amide bonds. The maximum Gasteiger partial charge on any atom is 0.250 e. The van der Waals surface area contributed by atoms with Crippen molar-refractivity contribution in [1.29, 1.82) is 0 Å². The van der Waals surface area contributed by atoms with Crippen LogP contribution in [0.1, 0.15) is 28.1 Å². The normalized spacial score (nSPS) is 12.0. The van der Waals surface area contributed by atoms with E-state index in [0.29, 0.717) is 17.3 Å². The molecule has 0 atom stereocenters. The highest BCUT2D eigenvalue weighted by molar-refractivity contribution is 7.91. The van der Waals surface area contributed by atoms with Gasteiger partial charge in [-0.05, 0) is 43.9 Å². The van der Waals surface area contributed by atoms with Gasteiger partial charge in [-0.1, -0.05) is 0 Å². The Morgan fingerprint density at radius 2 is 2.19 bits per heavy atom. The molecule has 0 aliphatic carbocycles. The number of rotatable bonds is 7. The van der Waals surface area contributed by atoms with Crippen molar-refractivity contribution >= 4 is 21.4 Å². The third-order valence-corrected chi connectivity index (χ3v) is 6.49. The minimum absolute atomic E-state index is 0.333. The fraction of sp³-hybridized carbons (Fsp3) is 0.462. The van der Waals surface area contributed by atoms with Gasteiger partial charge in [-0.3, -0.25) is 5.10 Å². The Balaban J connectivity index is 1.90. The fourth-order valence-electron chi connectivity index (χ4n) is 2.01. The first-order chi connectivity index (χ1) is 9.94. The van der Waals surface area contributed by atoms with Crippen molar-refractivity contribution in [2.24, 2.45) is 5.73 Å². The Morgan fingerprint density at radius 1 is 1.43 bits per heavy atom. The van der Waals surface area contributed by atoms with Gasteiger partial charge in [-0.2, -0.15) is 5.10 Å². The van der Waals surface area contributed by atoms with Gasteiger partial charge in [0.05, 0.1) is 6.20 Å². The Kier molecular flexibility index (Phi) is 5.15. The number of H-pyrrole nitrogens is 1. The molecule has 116 valence electrons. The van der Waals surface area contributed by atoms with Crippen LogP contribution in [0, 0.1) is 13.8 Å². The highest BCUT2D eigenvalue weighted by Gasteiger charge is 2.17. The van der Waals surface area contributed by atoms with E-state index in [2.05, 4.69) is 14.9 Å². The number of aryl methyl sites for hydroxylation is 3. The first-order valence-corrected chi connectivity index (χ1v) is 9.02. The summed E-state index contributed by atoms with van der Waals surface area (Å²) in [5.41, 5.74) is 8.66. The van der Waals surface area contributed by atoms with Crippen molar-refractivity contribution in [3.05, 3.63) is 34.0 Å². The van der Waals surface area contributed by atoms with Crippen molar-refractivity contribution < 1.29 is 8.42 Å². The molecule has 0 unspecified atom stereocenters. The largest absolute Gasteiger partial charge is 0.326 e. The predicted molar refractivity (Wildman–Crippen MR) is 83.8 cm³/mol. The first-order valence-electron chi connectivity index (χ1n) is 6.72. The van der Waals surface area contributed by atoms with Crippen molar-refractivity contribution in [1.82, 2.24) is 14.9 Å². The number of aromatic nitrogens is 2. The molecule has 0 radical (unpaired) electrons. The van der Waals surface area contributed by atoms with Crippen LogP contribution in [0.25, 0.3) is 0 Å². The second kappa shape index (κ2) is 6.69. The smallest absolute Gasteiger partial charge is 0.250 e. The van der Waals surface area contributed by atoms with Gasteiger partial charge in [0.15, 0.2) is 0 Å². The molecule has 0 saturated heterocycles. The van der Waals surface area contributed by atoms with Crippen molar-refractivity contribution in [2.75, 3.05) is 6.54 Å². The van der Waals surface area contributed by atoms with E-state index in [4.69, 9.17) is 5.73 Å². The van der Waals surface area contributed by atoms with E-state index in [1.165, 1.54) is 11.3 Å². The lowest BCUT2D eigenvalue weighted by Crippen LogP contribution is -2.24. The van der Waals surface area contributed by atoms with Gasteiger partial charge in [0, 0.05) is 23.7 Å². The zero-order chi connectivity index (χ0) is 15.5. The molecule has 2 aromatic rings. The summed E-state index contributed by atoms with van der Waals surface area (Å²) < 4.78 is 27.3. The standard InChI is InChI=1S/C13H20N4O2S2/c1-9-6-13(20-12(9)7-14)21(18,19)16-5-3-4-11-8-15-17-10(11)2/h6,8,16H,3-5,7,14H2,1-2H3,(H,15,17). The van der Waals surface area contributed by atoms with Crippen LogP contribution in [0.15, 0.2) is 16.5 Å². The van der Waals surface area contributed by atoms with Crippen molar-refractivity contribution in [3.63, 3.8) is 0 Å². The maximum atomic E-state index is 12.2. The summed E-state index contributed by atoms with van der Waals surface area (Å²) in [5.74, 6) is 0. The molecule has 6 nitrogen and oxygen atoms in total. The molecular weight excluding hydrogens is 308 g/mol. The number of hydrogen-bond acceptors (Lipinski definition) is 5. The zero-order valence-corrected chi connectivity index (χ0v) is 13.8. The maximum absolute atomic E-state index is 12.2. The summed E-state index contributed by atoms with van der Waals surface area (Å²) in [6.07, 6.45) is 3.30. The number of nitrogens with zero attached hydrogens (tertiary/aromatic N) is 1. The van der Waals surface area contributed by atoms with Gasteiger partial charge in [0.2, 0.25) is 10.0 Å². The molecule has 0 bridgehead atoms. The molecule has 21 heavy (non-hydrogen) atoms. The third-order valence-electron chi connectivity index (χ3n) is 3.30. The molecule has 0 fully saturated rings. The van der Waals surface area contributed by atoms with E-state index in [1.54, 1.807) is 12.3 Å². The fourth-order valence-corrected chi connectivity index (χ4v) is 4.59. The number of nitrogens with one attached hydrogen (secondary N) is 2. The Hall–Kier alpha value is -1.22. The van der Waals surface area contributed by atoms with Crippen LogP contribution in [0.4, 0.5) is 0 Å². The van der Waals surface area contributed by atoms with Crippen molar-refractivity contribution in [2.45, 2.75) is 37.4 Å². The molecule has 2 aromatic heterocycles.